The van der Waals surface area contributed by atoms with Gasteiger partial charge >= 0.3 is 0 Å². The van der Waals surface area contributed by atoms with Gasteiger partial charge in [-0.1, -0.05) is 41.4 Å². The molecule has 0 aliphatic heterocycles. The highest BCUT2D eigenvalue weighted by molar-refractivity contribution is 6.35. The lowest BCUT2D eigenvalue weighted by Crippen LogP contribution is -1.96. The lowest BCUT2D eigenvalue weighted by molar-refractivity contribution is -0.384. The summed E-state index contributed by atoms with van der Waals surface area (Å²) in [7, 11) is 0. The minimum absolute atomic E-state index is 0.0257. The van der Waals surface area contributed by atoms with Crippen LogP contribution in [0.25, 0.3) is 11.6 Å². The van der Waals surface area contributed by atoms with E-state index in [4.69, 9.17) is 27.9 Å². The van der Waals surface area contributed by atoms with Crippen molar-refractivity contribution < 1.29 is 9.66 Å². The molecule has 0 N–H and O–H groups in total. The summed E-state index contributed by atoms with van der Waals surface area (Å²) in [6.45, 7) is 0.274. The number of nitrogens with zero attached hydrogens (tertiary/aromatic N) is 2. The van der Waals surface area contributed by atoms with Gasteiger partial charge in [0.25, 0.3) is 5.69 Å². The van der Waals surface area contributed by atoms with Gasteiger partial charge in [0, 0.05) is 27.7 Å². The van der Waals surface area contributed by atoms with Crippen molar-refractivity contribution in [1.82, 2.24) is 0 Å². The molecule has 0 atom stereocenters. The summed E-state index contributed by atoms with van der Waals surface area (Å²) >= 11 is 12.1. The van der Waals surface area contributed by atoms with Gasteiger partial charge in [-0.2, -0.15) is 5.26 Å². The number of benzene rings is 3. The van der Waals surface area contributed by atoms with Crippen molar-refractivity contribution in [3.8, 4) is 11.8 Å². The minimum atomic E-state index is -0.479. The van der Waals surface area contributed by atoms with Crippen molar-refractivity contribution in [3.63, 3.8) is 0 Å². The van der Waals surface area contributed by atoms with Gasteiger partial charge in [0.05, 0.1) is 16.6 Å². The van der Waals surface area contributed by atoms with E-state index in [1.54, 1.807) is 48.5 Å². The largest absolute Gasteiger partial charge is 0.489 e. The first-order chi connectivity index (χ1) is 14.0. The van der Waals surface area contributed by atoms with Crippen LogP contribution in [0.4, 0.5) is 5.69 Å². The van der Waals surface area contributed by atoms with E-state index < -0.39 is 4.92 Å². The van der Waals surface area contributed by atoms with Crippen molar-refractivity contribution in [2.45, 2.75) is 6.61 Å². The zero-order chi connectivity index (χ0) is 20.8. The quantitative estimate of drug-likeness (QED) is 0.194. The van der Waals surface area contributed by atoms with E-state index in [0.717, 1.165) is 11.1 Å². The van der Waals surface area contributed by atoms with E-state index in [1.807, 2.05) is 12.1 Å². The molecule has 0 saturated heterocycles. The first-order valence-corrected chi connectivity index (χ1v) is 9.25. The van der Waals surface area contributed by atoms with Crippen LogP contribution in [0.15, 0.2) is 66.7 Å². The van der Waals surface area contributed by atoms with Crippen molar-refractivity contribution in [1.29, 1.82) is 5.26 Å². The van der Waals surface area contributed by atoms with E-state index >= 15 is 0 Å². The number of allylic oxidation sites excluding steroid dienone is 1. The average Bonchev–Trinajstić information content (AvgIpc) is 2.72. The van der Waals surface area contributed by atoms with Crippen LogP contribution in [-0.2, 0) is 6.61 Å². The van der Waals surface area contributed by atoms with Gasteiger partial charge in [0.2, 0.25) is 0 Å². The first-order valence-electron chi connectivity index (χ1n) is 8.49. The Labute approximate surface area is 177 Å². The van der Waals surface area contributed by atoms with Gasteiger partial charge in [-0.05, 0) is 53.6 Å². The van der Waals surface area contributed by atoms with E-state index in [1.165, 1.54) is 12.1 Å². The fraction of sp³-hybridized carbons (Fsp3) is 0.0455. The van der Waals surface area contributed by atoms with Gasteiger partial charge in [0.1, 0.15) is 12.4 Å². The number of hydrogen-bond donors (Lipinski definition) is 0. The summed E-state index contributed by atoms with van der Waals surface area (Å²) in [6, 6.07) is 20.4. The normalized spacial score (nSPS) is 11.0. The molecular formula is C22H14Cl2N2O3. The molecule has 0 fully saturated rings. The third kappa shape index (κ3) is 5.35. The number of nitro groups is 1. The highest BCUT2D eigenvalue weighted by atomic mass is 35.5. The monoisotopic (exact) mass is 424 g/mol. The highest BCUT2D eigenvalue weighted by Crippen LogP contribution is 2.25. The summed E-state index contributed by atoms with van der Waals surface area (Å²) in [4.78, 5) is 10.3. The first kappa shape index (κ1) is 20.4. The highest BCUT2D eigenvalue weighted by Gasteiger charge is 2.08. The molecule has 3 rings (SSSR count). The topological polar surface area (TPSA) is 76.2 Å². The molecule has 7 heteroatoms. The molecule has 0 aliphatic carbocycles. The number of nitro benzene ring substituents is 1. The van der Waals surface area contributed by atoms with Crippen LogP contribution in [0.3, 0.4) is 0 Å². The zero-order valence-electron chi connectivity index (χ0n) is 15.0. The predicted molar refractivity (Wildman–Crippen MR) is 114 cm³/mol. The summed E-state index contributed by atoms with van der Waals surface area (Å²) in [5.74, 6) is 0.616. The number of nitriles is 1. The molecule has 0 radical (unpaired) electrons. The molecule has 3 aromatic rings. The molecule has 0 amide bonds. The van der Waals surface area contributed by atoms with Gasteiger partial charge in [-0.25, -0.2) is 0 Å². The Bertz CT molecular complexity index is 1120. The van der Waals surface area contributed by atoms with Crippen molar-refractivity contribution in [2.75, 3.05) is 0 Å². The van der Waals surface area contributed by atoms with Crippen LogP contribution in [0.5, 0.6) is 5.75 Å². The number of halogens is 2. The van der Waals surface area contributed by atoms with E-state index in [0.29, 0.717) is 26.9 Å². The van der Waals surface area contributed by atoms with Gasteiger partial charge in [-0.3, -0.25) is 10.1 Å². The molecule has 3 aromatic carbocycles. The van der Waals surface area contributed by atoms with E-state index in [9.17, 15) is 15.4 Å². The number of non-ortho nitro benzene ring substituents is 1. The lowest BCUT2D eigenvalue weighted by Gasteiger charge is -2.09. The Kier molecular flexibility index (Phi) is 6.50. The standard InChI is InChI=1S/C22H14Cl2N2O3/c23-19-7-4-17(22(24)12-19)14-29-21-3-1-2-15(11-21)10-18(13-25)16-5-8-20(9-6-16)26(27)28/h1-12H,14H2/b18-10+. The van der Waals surface area contributed by atoms with Crippen molar-refractivity contribution in [3.05, 3.63) is 104 Å². The molecule has 5 nitrogen and oxygen atoms in total. The van der Waals surface area contributed by atoms with Gasteiger partial charge < -0.3 is 4.74 Å². The minimum Gasteiger partial charge on any atom is -0.489 e. The fourth-order valence-corrected chi connectivity index (χ4v) is 3.07. The van der Waals surface area contributed by atoms with E-state index in [-0.39, 0.29) is 12.3 Å². The molecule has 29 heavy (non-hydrogen) atoms. The smallest absolute Gasteiger partial charge is 0.269 e. The summed E-state index contributed by atoms with van der Waals surface area (Å²) in [5, 5.41) is 21.3. The Hall–Kier alpha value is -3.33. The number of rotatable bonds is 6. The van der Waals surface area contributed by atoms with Gasteiger partial charge in [0.15, 0.2) is 0 Å². The molecule has 144 valence electrons. The SMILES string of the molecule is N#C/C(=C\c1cccc(OCc2ccc(Cl)cc2Cl)c1)c1ccc([N+](=O)[O-])cc1. The summed E-state index contributed by atoms with van der Waals surface area (Å²) < 4.78 is 5.80. The molecule has 0 spiro atoms. The van der Waals surface area contributed by atoms with Crippen LogP contribution in [0.1, 0.15) is 16.7 Å². The maximum atomic E-state index is 10.8. The Morgan fingerprint density at radius 1 is 1.10 bits per heavy atom. The van der Waals surface area contributed by atoms with E-state index in [2.05, 4.69) is 6.07 Å². The molecule has 0 aliphatic rings. The van der Waals surface area contributed by atoms with Crippen LogP contribution in [-0.4, -0.2) is 4.92 Å². The third-order valence-corrected chi connectivity index (χ3v) is 4.68. The summed E-state index contributed by atoms with van der Waals surface area (Å²) in [5.41, 5.74) is 2.53. The van der Waals surface area contributed by atoms with Crippen LogP contribution in [0.2, 0.25) is 10.0 Å². The second-order valence-corrected chi connectivity index (χ2v) is 6.91. The molecule has 0 unspecified atom stereocenters. The Morgan fingerprint density at radius 2 is 1.86 bits per heavy atom. The Balaban J connectivity index is 1.78. The lowest BCUT2D eigenvalue weighted by atomic mass is 10.0. The second kappa shape index (κ2) is 9.24. The molecule has 0 saturated carbocycles. The second-order valence-electron chi connectivity index (χ2n) is 6.07. The molecule has 0 bridgehead atoms. The molecular weight excluding hydrogens is 411 g/mol. The van der Waals surface area contributed by atoms with Crippen molar-refractivity contribution in [2.24, 2.45) is 0 Å². The van der Waals surface area contributed by atoms with Crippen LogP contribution < -0.4 is 4.74 Å². The third-order valence-electron chi connectivity index (χ3n) is 4.09. The zero-order valence-corrected chi connectivity index (χ0v) is 16.5. The predicted octanol–water partition coefficient (Wildman–Crippen LogP) is 6.54. The van der Waals surface area contributed by atoms with Gasteiger partial charge in [-0.15, -0.1) is 0 Å². The van der Waals surface area contributed by atoms with Crippen LogP contribution in [0, 0.1) is 21.4 Å². The molecule has 0 aromatic heterocycles. The maximum absolute atomic E-state index is 10.8. The van der Waals surface area contributed by atoms with Crippen molar-refractivity contribution >= 4 is 40.5 Å². The Morgan fingerprint density at radius 3 is 2.52 bits per heavy atom. The maximum Gasteiger partial charge on any atom is 0.269 e. The average molecular weight is 425 g/mol. The summed E-state index contributed by atoms with van der Waals surface area (Å²) in [6.07, 6.45) is 1.70. The molecule has 0 heterocycles. The fourth-order valence-electron chi connectivity index (χ4n) is 2.60. The number of ether oxygens (including phenoxy) is 1. The number of hydrogen-bond acceptors (Lipinski definition) is 4. The van der Waals surface area contributed by atoms with Crippen LogP contribution >= 0.6 is 23.2 Å².